The molecule has 0 aliphatic heterocycles. The van der Waals surface area contributed by atoms with E-state index < -0.39 is 0 Å². The molecule has 18 heavy (non-hydrogen) atoms. The van der Waals surface area contributed by atoms with Crippen LogP contribution in [-0.4, -0.2) is 5.97 Å². The summed E-state index contributed by atoms with van der Waals surface area (Å²) in [6, 6.07) is 4.24. The molecule has 0 atom stereocenters. The zero-order chi connectivity index (χ0) is 13.0. The highest BCUT2D eigenvalue weighted by atomic mass is 79.9. The Morgan fingerprint density at radius 1 is 1.33 bits per heavy atom. The summed E-state index contributed by atoms with van der Waals surface area (Å²) in [4.78, 5) is 11.7. The molecule has 0 radical (unpaired) electrons. The van der Waals surface area contributed by atoms with Crippen LogP contribution < -0.4 is 4.74 Å². The SMILES string of the molecule is O=C(CC1CCCCC1)Oc1ccc(F)c(Br)c1. The Morgan fingerprint density at radius 3 is 2.72 bits per heavy atom. The van der Waals surface area contributed by atoms with E-state index in [2.05, 4.69) is 15.9 Å². The van der Waals surface area contributed by atoms with Gasteiger partial charge in [-0.05, 0) is 52.9 Å². The molecule has 1 aromatic carbocycles. The second-order valence-corrected chi connectivity index (χ2v) is 5.61. The summed E-state index contributed by atoms with van der Waals surface area (Å²) in [6.07, 6.45) is 6.38. The van der Waals surface area contributed by atoms with E-state index in [1.165, 1.54) is 37.5 Å². The Labute approximate surface area is 115 Å². The van der Waals surface area contributed by atoms with Crippen LogP contribution in [0.25, 0.3) is 0 Å². The molecular weight excluding hydrogens is 299 g/mol. The number of halogens is 2. The molecule has 0 saturated heterocycles. The average Bonchev–Trinajstić information content (AvgIpc) is 2.35. The number of hydrogen-bond donors (Lipinski definition) is 0. The van der Waals surface area contributed by atoms with Crippen molar-refractivity contribution >= 4 is 21.9 Å². The highest BCUT2D eigenvalue weighted by Crippen LogP contribution is 2.27. The zero-order valence-electron chi connectivity index (χ0n) is 10.1. The summed E-state index contributed by atoms with van der Waals surface area (Å²) in [5, 5.41) is 0. The summed E-state index contributed by atoms with van der Waals surface area (Å²) in [5.74, 6) is 0.265. The molecule has 1 aromatic rings. The molecule has 1 saturated carbocycles. The first-order chi connectivity index (χ1) is 8.65. The predicted molar refractivity (Wildman–Crippen MR) is 70.9 cm³/mol. The van der Waals surface area contributed by atoms with Gasteiger partial charge < -0.3 is 4.74 Å². The summed E-state index contributed by atoms with van der Waals surface area (Å²) < 4.78 is 18.5. The van der Waals surface area contributed by atoms with Gasteiger partial charge in [0.25, 0.3) is 0 Å². The largest absolute Gasteiger partial charge is 0.426 e. The van der Waals surface area contributed by atoms with Crippen LogP contribution >= 0.6 is 15.9 Å². The third-order valence-corrected chi connectivity index (χ3v) is 3.91. The first kappa shape index (κ1) is 13.5. The number of ether oxygens (including phenoxy) is 1. The number of esters is 1. The number of rotatable bonds is 3. The van der Waals surface area contributed by atoms with Crippen molar-refractivity contribution < 1.29 is 13.9 Å². The molecule has 0 unspecified atom stereocenters. The van der Waals surface area contributed by atoms with E-state index in [0.717, 1.165) is 12.8 Å². The lowest BCUT2D eigenvalue weighted by atomic mass is 9.87. The van der Waals surface area contributed by atoms with Crippen LogP contribution in [0.1, 0.15) is 38.5 Å². The number of hydrogen-bond acceptors (Lipinski definition) is 2. The molecule has 0 N–H and O–H groups in total. The molecule has 1 aliphatic carbocycles. The van der Waals surface area contributed by atoms with Crippen molar-refractivity contribution in [2.45, 2.75) is 38.5 Å². The molecule has 0 aromatic heterocycles. The van der Waals surface area contributed by atoms with Gasteiger partial charge in [-0.25, -0.2) is 4.39 Å². The minimum absolute atomic E-state index is 0.222. The average molecular weight is 315 g/mol. The van der Waals surface area contributed by atoms with Crippen LogP contribution in [0.4, 0.5) is 4.39 Å². The number of carbonyl (C=O) groups is 1. The van der Waals surface area contributed by atoms with Crippen LogP contribution in [-0.2, 0) is 4.79 Å². The van der Waals surface area contributed by atoms with Gasteiger partial charge in [0.2, 0.25) is 0 Å². The minimum atomic E-state index is -0.359. The lowest BCUT2D eigenvalue weighted by Crippen LogP contribution is -2.16. The summed E-state index contributed by atoms with van der Waals surface area (Å²) in [5.41, 5.74) is 0. The van der Waals surface area contributed by atoms with Gasteiger partial charge >= 0.3 is 5.97 Å². The molecular formula is C14H16BrFO2. The standard InChI is InChI=1S/C14H16BrFO2/c15-12-9-11(6-7-13(12)16)18-14(17)8-10-4-2-1-3-5-10/h6-7,9-10H,1-5,8H2. The van der Waals surface area contributed by atoms with Crippen molar-refractivity contribution in [1.82, 2.24) is 0 Å². The third kappa shape index (κ3) is 3.80. The monoisotopic (exact) mass is 314 g/mol. The van der Waals surface area contributed by atoms with Gasteiger partial charge in [-0.1, -0.05) is 19.3 Å². The maximum absolute atomic E-state index is 13.0. The smallest absolute Gasteiger partial charge is 0.311 e. The predicted octanol–water partition coefficient (Wildman–Crippen LogP) is 4.46. The Hall–Kier alpha value is -0.900. The molecule has 0 heterocycles. The molecule has 2 nitrogen and oxygen atoms in total. The maximum Gasteiger partial charge on any atom is 0.311 e. The molecule has 1 aliphatic rings. The van der Waals surface area contributed by atoms with Crippen molar-refractivity contribution in [3.8, 4) is 5.75 Å². The van der Waals surface area contributed by atoms with Gasteiger partial charge in [0.15, 0.2) is 0 Å². The van der Waals surface area contributed by atoms with Gasteiger partial charge in [0.05, 0.1) is 4.47 Å². The van der Waals surface area contributed by atoms with Crippen molar-refractivity contribution in [2.75, 3.05) is 0 Å². The van der Waals surface area contributed by atoms with Crippen LogP contribution in [0.3, 0.4) is 0 Å². The first-order valence-corrected chi connectivity index (χ1v) is 7.10. The van der Waals surface area contributed by atoms with E-state index in [4.69, 9.17) is 4.74 Å². The summed E-state index contributed by atoms with van der Waals surface area (Å²) >= 11 is 3.07. The van der Waals surface area contributed by atoms with Crippen LogP contribution in [0.5, 0.6) is 5.75 Å². The summed E-state index contributed by atoms with van der Waals surface area (Å²) in [7, 11) is 0. The van der Waals surface area contributed by atoms with Gasteiger partial charge in [-0.15, -0.1) is 0 Å². The van der Waals surface area contributed by atoms with Crippen LogP contribution in [0.15, 0.2) is 22.7 Å². The fourth-order valence-electron chi connectivity index (χ4n) is 2.34. The van der Waals surface area contributed by atoms with Crippen molar-refractivity contribution in [1.29, 1.82) is 0 Å². The van der Waals surface area contributed by atoms with Gasteiger partial charge in [-0.2, -0.15) is 0 Å². The maximum atomic E-state index is 13.0. The lowest BCUT2D eigenvalue weighted by molar-refractivity contribution is -0.135. The Balaban J connectivity index is 1.88. The third-order valence-electron chi connectivity index (χ3n) is 3.30. The van der Waals surface area contributed by atoms with E-state index >= 15 is 0 Å². The molecule has 2 rings (SSSR count). The molecule has 98 valence electrons. The minimum Gasteiger partial charge on any atom is -0.426 e. The van der Waals surface area contributed by atoms with Crippen molar-refractivity contribution in [3.63, 3.8) is 0 Å². The van der Waals surface area contributed by atoms with E-state index in [1.807, 2.05) is 0 Å². The number of benzene rings is 1. The molecule has 0 bridgehead atoms. The number of carbonyl (C=O) groups excluding carboxylic acids is 1. The lowest BCUT2D eigenvalue weighted by Gasteiger charge is -2.20. The zero-order valence-corrected chi connectivity index (χ0v) is 11.7. The van der Waals surface area contributed by atoms with Crippen LogP contribution in [0.2, 0.25) is 0 Å². The van der Waals surface area contributed by atoms with E-state index in [-0.39, 0.29) is 11.8 Å². The van der Waals surface area contributed by atoms with Gasteiger partial charge in [0, 0.05) is 6.42 Å². The van der Waals surface area contributed by atoms with E-state index in [0.29, 0.717) is 22.6 Å². The molecule has 0 amide bonds. The van der Waals surface area contributed by atoms with E-state index in [1.54, 1.807) is 0 Å². The van der Waals surface area contributed by atoms with Crippen molar-refractivity contribution in [2.24, 2.45) is 5.92 Å². The normalized spacial score (nSPS) is 16.6. The van der Waals surface area contributed by atoms with Crippen molar-refractivity contribution in [3.05, 3.63) is 28.5 Å². The van der Waals surface area contributed by atoms with Crippen LogP contribution in [0, 0.1) is 11.7 Å². The Morgan fingerprint density at radius 2 is 2.06 bits per heavy atom. The Bertz CT molecular complexity index is 428. The topological polar surface area (TPSA) is 26.3 Å². The highest BCUT2D eigenvalue weighted by Gasteiger charge is 2.18. The van der Waals surface area contributed by atoms with E-state index in [9.17, 15) is 9.18 Å². The quantitative estimate of drug-likeness (QED) is 0.608. The molecule has 1 fully saturated rings. The molecule has 0 spiro atoms. The Kier molecular flexibility index (Phi) is 4.75. The first-order valence-electron chi connectivity index (χ1n) is 6.31. The fraction of sp³-hybridized carbons (Fsp3) is 0.500. The van der Waals surface area contributed by atoms with Gasteiger partial charge in [0.1, 0.15) is 11.6 Å². The highest BCUT2D eigenvalue weighted by molar-refractivity contribution is 9.10. The second kappa shape index (κ2) is 6.32. The second-order valence-electron chi connectivity index (χ2n) is 4.76. The molecule has 4 heteroatoms. The summed E-state index contributed by atoms with van der Waals surface area (Å²) in [6.45, 7) is 0. The van der Waals surface area contributed by atoms with Gasteiger partial charge in [-0.3, -0.25) is 4.79 Å². The fourth-order valence-corrected chi connectivity index (χ4v) is 2.70.